The zero-order valence-electron chi connectivity index (χ0n) is 9.14. The van der Waals surface area contributed by atoms with Gasteiger partial charge >= 0.3 is 0 Å². The van der Waals surface area contributed by atoms with Gasteiger partial charge in [0.25, 0.3) is 0 Å². The Bertz CT molecular complexity index is 136. The van der Waals surface area contributed by atoms with Crippen molar-refractivity contribution < 1.29 is 9.53 Å². The summed E-state index contributed by atoms with van der Waals surface area (Å²) in [5, 5.41) is 9.83. The molecule has 0 amide bonds. The van der Waals surface area contributed by atoms with Crippen LogP contribution in [0, 0.1) is 5.41 Å². The molecule has 0 aromatic rings. The van der Waals surface area contributed by atoms with Gasteiger partial charge < -0.3 is 9.53 Å². The van der Waals surface area contributed by atoms with Crippen molar-refractivity contribution >= 4 is 9.04 Å². The molecule has 1 N–H and O–H groups in total. The summed E-state index contributed by atoms with van der Waals surface area (Å²) in [6.07, 6.45) is 0.686. The zero-order valence-corrected chi connectivity index (χ0v) is 10.3. The fourth-order valence-electron chi connectivity index (χ4n) is 1.53. The summed E-state index contributed by atoms with van der Waals surface area (Å²) in [5.41, 5.74) is 0.118. The van der Waals surface area contributed by atoms with Crippen LogP contribution in [-0.4, -0.2) is 19.9 Å². The number of aliphatic hydroxyl groups is 1. The van der Waals surface area contributed by atoms with Crippen LogP contribution in [0.2, 0.25) is 13.1 Å². The fourth-order valence-corrected chi connectivity index (χ4v) is 2.63. The van der Waals surface area contributed by atoms with Crippen molar-refractivity contribution in [2.24, 2.45) is 5.41 Å². The molecule has 0 radical (unpaired) electrons. The zero-order chi connectivity index (χ0) is 9.99. The third-order valence-electron chi connectivity index (χ3n) is 1.35. The van der Waals surface area contributed by atoms with Crippen LogP contribution < -0.4 is 0 Å². The second-order valence-corrected chi connectivity index (χ2v) is 7.41. The van der Waals surface area contributed by atoms with Crippen LogP contribution in [0.4, 0.5) is 0 Å². The van der Waals surface area contributed by atoms with E-state index in [1.54, 1.807) is 6.92 Å². The molecule has 0 saturated heterocycles. The van der Waals surface area contributed by atoms with Crippen LogP contribution in [0.15, 0.2) is 0 Å². The van der Waals surface area contributed by atoms with E-state index in [9.17, 15) is 5.11 Å². The van der Waals surface area contributed by atoms with Gasteiger partial charge in [0.15, 0.2) is 14.8 Å². The van der Waals surface area contributed by atoms with Gasteiger partial charge in [0.1, 0.15) is 0 Å². The van der Waals surface area contributed by atoms with Crippen LogP contribution in [0.5, 0.6) is 0 Å². The van der Waals surface area contributed by atoms with Crippen LogP contribution >= 0.6 is 0 Å². The minimum Gasteiger partial charge on any atom is -0.394 e. The van der Waals surface area contributed by atoms with E-state index < -0.39 is 14.8 Å². The third kappa shape index (κ3) is 6.82. The summed E-state index contributed by atoms with van der Waals surface area (Å²) in [5.74, 6) is -0.932. The maximum absolute atomic E-state index is 9.83. The van der Waals surface area contributed by atoms with Gasteiger partial charge in [0, 0.05) is 6.42 Å². The van der Waals surface area contributed by atoms with Crippen molar-refractivity contribution in [2.45, 2.75) is 53.0 Å². The Balaban J connectivity index is 4.04. The summed E-state index contributed by atoms with van der Waals surface area (Å²) in [6.45, 7) is 12.2. The Morgan fingerprint density at radius 2 is 1.58 bits per heavy atom. The molecule has 1 atom stereocenters. The quantitative estimate of drug-likeness (QED) is 0.546. The van der Waals surface area contributed by atoms with Gasteiger partial charge in [-0.15, -0.1) is 0 Å². The summed E-state index contributed by atoms with van der Waals surface area (Å²) in [6, 6.07) is 0. The van der Waals surface area contributed by atoms with Crippen molar-refractivity contribution in [1.82, 2.24) is 0 Å². The van der Waals surface area contributed by atoms with E-state index in [4.69, 9.17) is 4.43 Å². The van der Waals surface area contributed by atoms with Crippen molar-refractivity contribution in [2.75, 3.05) is 0 Å². The molecule has 0 aliphatic heterocycles. The molecular formula is C9H22O2Si. The molecule has 0 fully saturated rings. The summed E-state index contributed by atoms with van der Waals surface area (Å²) >= 11 is 0. The highest BCUT2D eigenvalue weighted by Crippen LogP contribution is 2.28. The van der Waals surface area contributed by atoms with Crippen molar-refractivity contribution in [3.8, 4) is 0 Å². The molecule has 74 valence electrons. The van der Waals surface area contributed by atoms with Crippen LogP contribution in [-0.2, 0) is 4.43 Å². The molecule has 0 aromatic carbocycles. The molecule has 0 aliphatic carbocycles. The average Bonchev–Trinajstić information content (AvgIpc) is 1.48. The Hall–Kier alpha value is 0.137. The largest absolute Gasteiger partial charge is 0.394 e. The molecule has 3 heteroatoms. The van der Waals surface area contributed by atoms with Crippen LogP contribution in [0.1, 0.15) is 34.1 Å². The minimum absolute atomic E-state index is 0.118. The van der Waals surface area contributed by atoms with E-state index in [0.717, 1.165) is 0 Å². The topological polar surface area (TPSA) is 29.5 Å². The standard InChI is InChI=1S/C9H22O2Si/c1-8(2,3)7-9(4,10)11-12(5)6/h10,12H,7H2,1-6H3/t9-/m1/s1. The van der Waals surface area contributed by atoms with E-state index in [0.29, 0.717) is 6.42 Å². The van der Waals surface area contributed by atoms with Gasteiger partial charge in [-0.2, -0.15) is 0 Å². The second kappa shape index (κ2) is 3.90. The lowest BCUT2D eigenvalue weighted by Crippen LogP contribution is -2.37. The van der Waals surface area contributed by atoms with Gasteiger partial charge in [0.05, 0.1) is 0 Å². The minimum atomic E-state index is -1.14. The molecular weight excluding hydrogens is 168 g/mol. The first-order chi connectivity index (χ1) is 5.12. The maximum atomic E-state index is 9.83. The molecule has 0 saturated carbocycles. The molecule has 0 unspecified atom stereocenters. The molecule has 0 aromatic heterocycles. The normalized spacial score (nSPS) is 18.0. The van der Waals surface area contributed by atoms with Crippen LogP contribution in [0.3, 0.4) is 0 Å². The Morgan fingerprint density at radius 3 is 1.83 bits per heavy atom. The van der Waals surface area contributed by atoms with Crippen LogP contribution in [0.25, 0.3) is 0 Å². The highest BCUT2D eigenvalue weighted by atomic mass is 28.3. The predicted octanol–water partition coefficient (Wildman–Crippen LogP) is 2.13. The Morgan fingerprint density at radius 1 is 1.17 bits per heavy atom. The molecule has 2 nitrogen and oxygen atoms in total. The van der Waals surface area contributed by atoms with Gasteiger partial charge in [-0.05, 0) is 25.4 Å². The Kier molecular flexibility index (Phi) is 3.94. The van der Waals surface area contributed by atoms with Gasteiger partial charge in [-0.25, -0.2) is 0 Å². The first-order valence-corrected chi connectivity index (χ1v) is 7.31. The highest BCUT2D eigenvalue weighted by Gasteiger charge is 2.28. The van der Waals surface area contributed by atoms with Crippen molar-refractivity contribution in [1.29, 1.82) is 0 Å². The molecule has 0 aliphatic rings. The van der Waals surface area contributed by atoms with Crippen molar-refractivity contribution in [3.63, 3.8) is 0 Å². The number of hydrogen-bond donors (Lipinski definition) is 1. The fraction of sp³-hybridized carbons (Fsp3) is 1.00. The lowest BCUT2D eigenvalue weighted by molar-refractivity contribution is -0.146. The van der Waals surface area contributed by atoms with Gasteiger partial charge in [-0.1, -0.05) is 20.8 Å². The number of hydrogen-bond acceptors (Lipinski definition) is 2. The van der Waals surface area contributed by atoms with Gasteiger partial charge in [0.2, 0.25) is 0 Å². The molecule has 0 bridgehead atoms. The summed E-state index contributed by atoms with van der Waals surface area (Å²) in [7, 11) is -1.14. The summed E-state index contributed by atoms with van der Waals surface area (Å²) in [4.78, 5) is 0. The number of rotatable bonds is 3. The SMILES string of the molecule is C[SiH](C)O[C@@](C)(O)CC(C)(C)C. The summed E-state index contributed by atoms with van der Waals surface area (Å²) < 4.78 is 5.51. The van der Waals surface area contributed by atoms with E-state index >= 15 is 0 Å². The smallest absolute Gasteiger partial charge is 0.174 e. The first-order valence-electron chi connectivity index (χ1n) is 4.53. The van der Waals surface area contributed by atoms with E-state index in [1.807, 2.05) is 0 Å². The van der Waals surface area contributed by atoms with E-state index in [2.05, 4.69) is 33.9 Å². The maximum Gasteiger partial charge on any atom is 0.174 e. The molecule has 0 spiro atoms. The first kappa shape index (κ1) is 12.1. The Labute approximate surface area is 77.7 Å². The predicted molar refractivity (Wildman–Crippen MR) is 54.7 cm³/mol. The van der Waals surface area contributed by atoms with Gasteiger partial charge in [-0.3, -0.25) is 0 Å². The highest BCUT2D eigenvalue weighted by molar-refractivity contribution is 6.48. The lowest BCUT2D eigenvalue weighted by Gasteiger charge is -2.32. The lowest BCUT2D eigenvalue weighted by atomic mass is 9.88. The van der Waals surface area contributed by atoms with E-state index in [1.165, 1.54) is 0 Å². The average molecular weight is 190 g/mol. The second-order valence-electron chi connectivity index (χ2n) is 5.08. The molecule has 12 heavy (non-hydrogen) atoms. The molecule has 0 heterocycles. The third-order valence-corrected chi connectivity index (χ3v) is 2.33. The van der Waals surface area contributed by atoms with Crippen molar-refractivity contribution in [3.05, 3.63) is 0 Å². The van der Waals surface area contributed by atoms with E-state index in [-0.39, 0.29) is 5.41 Å². The molecule has 0 rings (SSSR count). The monoisotopic (exact) mass is 190 g/mol.